The van der Waals surface area contributed by atoms with E-state index in [0.717, 1.165) is 24.2 Å². The molecular formula is C40H51FN6O9S2. The topological polar surface area (TPSA) is 193 Å². The highest BCUT2D eigenvalue weighted by atomic mass is 32.2. The normalized spacial score (nSPS) is 28.2. The molecule has 0 bridgehead atoms. The first kappa shape index (κ1) is 41.6. The maximum absolute atomic E-state index is 14.7. The smallest absolute Gasteiger partial charge is 0.407 e. The predicted octanol–water partition coefficient (Wildman–Crippen LogP) is 4.00. The summed E-state index contributed by atoms with van der Waals surface area (Å²) in [5.41, 5.74) is -0.991. The molecule has 15 nitrogen and oxygen atoms in total. The summed E-state index contributed by atoms with van der Waals surface area (Å²) >= 11 is 1.11. The van der Waals surface area contributed by atoms with Gasteiger partial charge in [-0.15, -0.1) is 11.3 Å². The summed E-state index contributed by atoms with van der Waals surface area (Å²) in [7, 11) is -2.57. The van der Waals surface area contributed by atoms with E-state index in [1.165, 1.54) is 24.1 Å². The van der Waals surface area contributed by atoms with Crippen LogP contribution in [0.15, 0.2) is 35.7 Å². The summed E-state index contributed by atoms with van der Waals surface area (Å²) in [5.74, 6) is -4.19. The number of carbonyl (C=O) groups is 5. The Morgan fingerprint density at radius 1 is 1.09 bits per heavy atom. The zero-order valence-electron chi connectivity index (χ0n) is 33.1. The second kappa shape index (κ2) is 16.2. The second-order valence-corrected chi connectivity index (χ2v) is 20.1. The highest BCUT2D eigenvalue weighted by molar-refractivity contribution is 7.91. The van der Waals surface area contributed by atoms with E-state index in [4.69, 9.17) is 9.47 Å². The van der Waals surface area contributed by atoms with Gasteiger partial charge < -0.3 is 29.9 Å². The Labute approximate surface area is 341 Å². The van der Waals surface area contributed by atoms with Crippen LogP contribution in [0.5, 0.6) is 5.75 Å². The largest absolute Gasteiger partial charge is 0.494 e. The van der Waals surface area contributed by atoms with E-state index in [2.05, 4.69) is 20.3 Å². The third-order valence-corrected chi connectivity index (χ3v) is 14.2. The third-order valence-electron chi connectivity index (χ3n) is 11.6. The number of halogens is 1. The van der Waals surface area contributed by atoms with Gasteiger partial charge in [0.05, 0.1) is 24.7 Å². The number of sulfonamides is 1. The summed E-state index contributed by atoms with van der Waals surface area (Å²) in [5, 5.41) is 6.83. The highest BCUT2D eigenvalue weighted by Gasteiger charge is 2.63. The molecule has 2 saturated carbocycles. The number of ether oxygens (including phenoxy) is 2. The van der Waals surface area contributed by atoms with Crippen LogP contribution in [0, 0.1) is 29.0 Å². The van der Waals surface area contributed by atoms with E-state index in [0.29, 0.717) is 43.4 Å². The van der Waals surface area contributed by atoms with Crippen LogP contribution in [-0.4, -0.2) is 109 Å². The van der Waals surface area contributed by atoms with Gasteiger partial charge in [0.25, 0.3) is 11.8 Å². The lowest BCUT2D eigenvalue weighted by molar-refractivity contribution is -0.142. The minimum absolute atomic E-state index is 0.0785. The molecule has 314 valence electrons. The van der Waals surface area contributed by atoms with Gasteiger partial charge in [0.2, 0.25) is 21.8 Å². The minimum Gasteiger partial charge on any atom is -0.494 e. The summed E-state index contributed by atoms with van der Waals surface area (Å²) in [6.45, 7) is 6.24. The molecule has 0 radical (unpaired) electrons. The molecule has 5 amide bonds. The molecular weight excluding hydrogens is 792 g/mol. The average Bonchev–Trinajstić information content (AvgIpc) is 3.99. The van der Waals surface area contributed by atoms with E-state index in [1.807, 2.05) is 32.9 Å². The van der Waals surface area contributed by atoms with Gasteiger partial charge in [-0.05, 0) is 62.1 Å². The van der Waals surface area contributed by atoms with Crippen molar-refractivity contribution in [3.63, 3.8) is 0 Å². The lowest BCUT2D eigenvalue weighted by Gasteiger charge is -2.33. The number of hydrogen-bond acceptors (Lipinski definition) is 11. The molecule has 0 unspecified atom stereocenters. The molecule has 6 atom stereocenters. The molecule has 4 heterocycles. The van der Waals surface area contributed by atoms with Gasteiger partial charge in [-0.25, -0.2) is 22.6 Å². The summed E-state index contributed by atoms with van der Waals surface area (Å²) in [6.07, 6.45) is 7.20. The Hall–Kier alpha value is -4.58. The summed E-state index contributed by atoms with van der Waals surface area (Å²) < 4.78 is 53.0. The molecule has 0 spiro atoms. The molecule has 4 fully saturated rings. The van der Waals surface area contributed by atoms with Crippen molar-refractivity contribution in [3.8, 4) is 17.0 Å². The lowest BCUT2D eigenvalue weighted by Crippen LogP contribution is -2.60. The van der Waals surface area contributed by atoms with Crippen molar-refractivity contribution in [2.45, 2.75) is 95.0 Å². The van der Waals surface area contributed by atoms with Crippen molar-refractivity contribution in [2.75, 3.05) is 33.4 Å². The van der Waals surface area contributed by atoms with E-state index in [9.17, 15) is 36.8 Å². The third kappa shape index (κ3) is 8.87. The number of hydrogen-bond donors (Lipinski definition) is 3. The standard InChI is InChI=1S/C40H51FN6O9S2/c1-39(2,3)22-56-38(52)43-29-11-9-7-5-6-8-10-25-17-40(25,37(51)45-58(53,54)26-13-14-26)44-33(48)32-27-20-46(18-24(27)19-47(32)35(29)49)36(50)34-42-30(21-57-34)23-12-15-31(55-4)28(41)16-23/h8,10,12,15-16,21,24-27,29,32H,5-7,9,11,13-14,17-20,22H2,1-4H3,(H,43,52)(H,44,48)(H,45,51)/b10-8-/t24-,25-,27-,29-,32-,40+/m0/s1. The Bertz CT molecular complexity index is 2100. The molecule has 3 N–H and O–H groups in total. The first-order chi connectivity index (χ1) is 27.5. The van der Waals surface area contributed by atoms with Crippen LogP contribution in [0.25, 0.3) is 11.3 Å². The van der Waals surface area contributed by atoms with E-state index in [-0.39, 0.29) is 60.7 Å². The molecule has 1 aromatic carbocycles. The Kier molecular flexibility index (Phi) is 11.6. The number of thiazole rings is 1. The highest BCUT2D eigenvalue weighted by Crippen LogP contribution is 2.47. The number of nitrogens with zero attached hydrogens (tertiary/aromatic N) is 3. The Balaban J connectivity index is 1.16. The van der Waals surface area contributed by atoms with Crippen molar-refractivity contribution in [3.05, 3.63) is 46.6 Å². The summed E-state index contributed by atoms with van der Waals surface area (Å²) in [6, 6.07) is 2.24. The predicted molar refractivity (Wildman–Crippen MR) is 211 cm³/mol. The van der Waals surface area contributed by atoms with E-state index in [1.54, 1.807) is 16.3 Å². The van der Waals surface area contributed by atoms with Crippen molar-refractivity contribution < 1.29 is 46.3 Å². The van der Waals surface area contributed by atoms with Crippen LogP contribution < -0.4 is 20.1 Å². The summed E-state index contributed by atoms with van der Waals surface area (Å²) in [4.78, 5) is 77.6. The number of aromatic nitrogens is 1. The van der Waals surface area contributed by atoms with Gasteiger partial charge in [-0.2, -0.15) is 0 Å². The van der Waals surface area contributed by atoms with E-state index >= 15 is 0 Å². The van der Waals surface area contributed by atoms with Crippen molar-refractivity contribution in [1.29, 1.82) is 0 Å². The first-order valence-electron chi connectivity index (χ1n) is 19.9. The monoisotopic (exact) mass is 842 g/mol. The number of nitrogens with one attached hydrogen (secondary N) is 3. The molecule has 2 aromatic rings. The fraction of sp³-hybridized carbons (Fsp3) is 0.600. The fourth-order valence-corrected chi connectivity index (χ4v) is 10.3. The number of amides is 5. The minimum atomic E-state index is -3.93. The van der Waals surface area contributed by atoms with Crippen LogP contribution >= 0.6 is 11.3 Å². The van der Waals surface area contributed by atoms with Crippen LogP contribution in [-0.2, 0) is 29.1 Å². The van der Waals surface area contributed by atoms with Crippen molar-refractivity contribution in [2.24, 2.45) is 23.2 Å². The molecule has 2 saturated heterocycles. The van der Waals surface area contributed by atoms with Gasteiger partial charge in [0, 0.05) is 48.3 Å². The van der Waals surface area contributed by atoms with Gasteiger partial charge >= 0.3 is 6.09 Å². The van der Waals surface area contributed by atoms with Crippen LogP contribution in [0.1, 0.15) is 81.9 Å². The lowest BCUT2D eigenvalue weighted by atomic mass is 9.93. The number of alkyl carbamates (subject to hydrolysis) is 1. The fourth-order valence-electron chi connectivity index (χ4n) is 8.17. The number of benzene rings is 1. The van der Waals surface area contributed by atoms with Gasteiger partial charge in [-0.1, -0.05) is 45.8 Å². The number of fused-ring (bicyclic) bond motifs is 4. The Morgan fingerprint density at radius 2 is 1.86 bits per heavy atom. The molecule has 3 aliphatic heterocycles. The maximum Gasteiger partial charge on any atom is 0.407 e. The Morgan fingerprint density at radius 3 is 2.57 bits per heavy atom. The van der Waals surface area contributed by atoms with Crippen LogP contribution in [0.4, 0.5) is 9.18 Å². The van der Waals surface area contributed by atoms with Gasteiger partial charge in [0.1, 0.15) is 17.6 Å². The zero-order chi connectivity index (χ0) is 41.6. The molecule has 5 aliphatic rings. The number of allylic oxidation sites excluding steroid dienone is 1. The quantitative estimate of drug-likeness (QED) is 0.327. The van der Waals surface area contributed by atoms with Gasteiger partial charge in [0.15, 0.2) is 16.6 Å². The number of methoxy groups -OCH3 is 1. The number of rotatable bonds is 8. The van der Waals surface area contributed by atoms with Gasteiger partial charge in [-0.3, -0.25) is 23.9 Å². The maximum atomic E-state index is 14.7. The molecule has 1 aromatic heterocycles. The first-order valence-corrected chi connectivity index (χ1v) is 22.3. The van der Waals surface area contributed by atoms with E-state index < -0.39 is 74.4 Å². The zero-order valence-corrected chi connectivity index (χ0v) is 34.8. The van der Waals surface area contributed by atoms with Crippen LogP contribution in [0.2, 0.25) is 0 Å². The average molecular weight is 843 g/mol. The number of carbonyl (C=O) groups excluding carboxylic acids is 5. The molecule has 18 heteroatoms. The SMILES string of the molecule is COc1ccc(-c2csc(C(=O)N3C[C@H]4CN5C(=O)[C@@H](NC(=O)OCC(C)(C)C)CCCCC/C=C\[C@H]6C[C@@]6(C(=O)NS(=O)(=O)C6CC6)NC(=O)[C@@H]5[C@H]4C3)n2)cc1F. The van der Waals surface area contributed by atoms with Crippen LogP contribution in [0.3, 0.4) is 0 Å². The molecule has 58 heavy (non-hydrogen) atoms. The number of likely N-dealkylation sites (tertiary alicyclic amines) is 1. The van der Waals surface area contributed by atoms with Crippen molar-refractivity contribution in [1.82, 2.24) is 30.1 Å². The second-order valence-electron chi connectivity index (χ2n) is 17.3. The van der Waals surface area contributed by atoms with Crippen molar-refractivity contribution >= 4 is 51.1 Å². The molecule has 2 aliphatic carbocycles. The molecule has 7 rings (SSSR count).